The molecule has 4 heteroatoms. The predicted octanol–water partition coefficient (Wildman–Crippen LogP) is 4.20. The molecular weight excluding hydrogens is 288 g/mol. The van der Waals surface area contributed by atoms with Crippen molar-refractivity contribution in [1.29, 1.82) is 0 Å². The standard InChI is InChI=1S/C19H22N2O2/c1-12(2)5-4-10-23-14-6-7-15-16-8-9-20-13(3)18(16)19(22)21-17(15)11-14/h6-9,11-12H,4-5,10H2,1-3H3,(H,21,22). The van der Waals surface area contributed by atoms with Gasteiger partial charge in [0.1, 0.15) is 5.75 Å². The first kappa shape index (κ1) is 15.5. The monoisotopic (exact) mass is 310 g/mol. The van der Waals surface area contributed by atoms with Crippen LogP contribution in [0.5, 0.6) is 5.75 Å². The van der Waals surface area contributed by atoms with E-state index in [0.717, 1.165) is 40.6 Å². The molecule has 2 heterocycles. The van der Waals surface area contributed by atoms with Gasteiger partial charge in [0.05, 0.1) is 23.2 Å². The van der Waals surface area contributed by atoms with Gasteiger partial charge in [0.25, 0.3) is 5.56 Å². The van der Waals surface area contributed by atoms with Crippen molar-refractivity contribution < 1.29 is 4.74 Å². The van der Waals surface area contributed by atoms with E-state index in [0.29, 0.717) is 17.9 Å². The molecule has 0 aliphatic heterocycles. The van der Waals surface area contributed by atoms with E-state index in [2.05, 4.69) is 23.8 Å². The maximum atomic E-state index is 12.3. The van der Waals surface area contributed by atoms with Gasteiger partial charge >= 0.3 is 0 Å². The number of pyridine rings is 2. The van der Waals surface area contributed by atoms with Crippen molar-refractivity contribution in [2.24, 2.45) is 5.92 Å². The molecule has 1 N–H and O–H groups in total. The molecule has 0 spiro atoms. The fourth-order valence-electron chi connectivity index (χ4n) is 2.90. The third-order valence-electron chi connectivity index (χ3n) is 4.09. The van der Waals surface area contributed by atoms with E-state index in [1.807, 2.05) is 31.2 Å². The van der Waals surface area contributed by atoms with Gasteiger partial charge in [-0.05, 0) is 49.3 Å². The van der Waals surface area contributed by atoms with Crippen LogP contribution in [-0.4, -0.2) is 16.6 Å². The summed E-state index contributed by atoms with van der Waals surface area (Å²) in [5.41, 5.74) is 1.45. The summed E-state index contributed by atoms with van der Waals surface area (Å²) in [7, 11) is 0. The fourth-order valence-corrected chi connectivity index (χ4v) is 2.90. The summed E-state index contributed by atoms with van der Waals surface area (Å²) in [5.74, 6) is 1.48. The lowest BCUT2D eigenvalue weighted by Gasteiger charge is -2.10. The van der Waals surface area contributed by atoms with E-state index in [9.17, 15) is 4.79 Å². The zero-order valence-corrected chi connectivity index (χ0v) is 13.8. The second-order valence-electron chi connectivity index (χ2n) is 6.36. The van der Waals surface area contributed by atoms with Gasteiger partial charge in [-0.15, -0.1) is 0 Å². The number of benzene rings is 1. The number of hydrogen-bond acceptors (Lipinski definition) is 3. The molecule has 2 aromatic heterocycles. The number of rotatable bonds is 5. The van der Waals surface area contributed by atoms with Crippen molar-refractivity contribution in [3.8, 4) is 5.75 Å². The molecular formula is C19H22N2O2. The summed E-state index contributed by atoms with van der Waals surface area (Å²) in [6.45, 7) is 6.98. The molecule has 23 heavy (non-hydrogen) atoms. The zero-order valence-electron chi connectivity index (χ0n) is 13.8. The van der Waals surface area contributed by atoms with Gasteiger partial charge in [0.15, 0.2) is 0 Å². The predicted molar refractivity (Wildman–Crippen MR) is 94.2 cm³/mol. The quantitative estimate of drug-likeness (QED) is 0.567. The van der Waals surface area contributed by atoms with Crippen LogP contribution in [0.3, 0.4) is 0 Å². The van der Waals surface area contributed by atoms with Crippen LogP contribution in [0.1, 0.15) is 32.4 Å². The van der Waals surface area contributed by atoms with E-state index >= 15 is 0 Å². The largest absolute Gasteiger partial charge is 0.494 e. The van der Waals surface area contributed by atoms with Crippen LogP contribution >= 0.6 is 0 Å². The average molecular weight is 310 g/mol. The van der Waals surface area contributed by atoms with Crippen LogP contribution in [0.25, 0.3) is 21.7 Å². The molecule has 0 bridgehead atoms. The molecule has 0 fully saturated rings. The van der Waals surface area contributed by atoms with Crippen molar-refractivity contribution in [1.82, 2.24) is 9.97 Å². The molecule has 0 atom stereocenters. The summed E-state index contributed by atoms with van der Waals surface area (Å²) in [6, 6.07) is 7.76. The Kier molecular flexibility index (Phi) is 4.33. The Hall–Kier alpha value is -2.36. The first-order valence-electron chi connectivity index (χ1n) is 8.10. The number of nitrogens with zero attached hydrogens (tertiary/aromatic N) is 1. The summed E-state index contributed by atoms with van der Waals surface area (Å²) in [4.78, 5) is 19.5. The molecule has 0 unspecified atom stereocenters. The van der Waals surface area contributed by atoms with Crippen LogP contribution in [0.15, 0.2) is 35.3 Å². The molecule has 3 rings (SSSR count). The van der Waals surface area contributed by atoms with Crippen molar-refractivity contribution in [3.05, 3.63) is 46.5 Å². The number of fused-ring (bicyclic) bond motifs is 3. The molecule has 0 aliphatic carbocycles. The van der Waals surface area contributed by atoms with Gasteiger partial charge in [-0.1, -0.05) is 13.8 Å². The lowest BCUT2D eigenvalue weighted by atomic mass is 10.1. The van der Waals surface area contributed by atoms with Crippen LogP contribution in [0, 0.1) is 12.8 Å². The van der Waals surface area contributed by atoms with Crippen molar-refractivity contribution in [3.63, 3.8) is 0 Å². The number of aromatic nitrogens is 2. The zero-order chi connectivity index (χ0) is 16.4. The SMILES string of the molecule is Cc1nccc2c1c(=O)[nH]c1cc(OCCCC(C)C)ccc12. The molecule has 0 amide bonds. The van der Waals surface area contributed by atoms with E-state index in [1.165, 1.54) is 0 Å². The van der Waals surface area contributed by atoms with Crippen molar-refractivity contribution in [2.45, 2.75) is 33.6 Å². The highest BCUT2D eigenvalue weighted by atomic mass is 16.5. The first-order chi connectivity index (χ1) is 11.1. The van der Waals surface area contributed by atoms with Crippen LogP contribution in [-0.2, 0) is 0 Å². The molecule has 0 radical (unpaired) electrons. The Bertz CT molecular complexity index is 897. The number of aryl methyl sites for hydroxylation is 1. The molecule has 0 aliphatic rings. The summed E-state index contributed by atoms with van der Waals surface area (Å²) in [5, 5.41) is 2.60. The molecule has 1 aromatic carbocycles. The third kappa shape index (κ3) is 3.21. The van der Waals surface area contributed by atoms with Gasteiger partial charge in [-0.3, -0.25) is 9.78 Å². The lowest BCUT2D eigenvalue weighted by molar-refractivity contribution is 0.298. The second-order valence-corrected chi connectivity index (χ2v) is 6.36. The van der Waals surface area contributed by atoms with Crippen LogP contribution < -0.4 is 10.3 Å². The summed E-state index contributed by atoms with van der Waals surface area (Å²) >= 11 is 0. The maximum absolute atomic E-state index is 12.3. The minimum Gasteiger partial charge on any atom is -0.494 e. The number of hydrogen-bond donors (Lipinski definition) is 1. The number of ether oxygens (including phenoxy) is 1. The van der Waals surface area contributed by atoms with Crippen molar-refractivity contribution in [2.75, 3.05) is 6.61 Å². The minimum atomic E-state index is -0.102. The second kappa shape index (κ2) is 6.41. The Labute approximate surface area is 135 Å². The highest BCUT2D eigenvalue weighted by Gasteiger charge is 2.09. The summed E-state index contributed by atoms with van der Waals surface area (Å²) < 4.78 is 5.81. The molecule has 0 saturated carbocycles. The summed E-state index contributed by atoms with van der Waals surface area (Å²) in [6.07, 6.45) is 3.93. The Balaban J connectivity index is 1.95. The van der Waals surface area contributed by atoms with E-state index in [4.69, 9.17) is 4.74 Å². The highest BCUT2D eigenvalue weighted by molar-refractivity contribution is 6.06. The minimum absolute atomic E-state index is 0.102. The molecule has 4 nitrogen and oxygen atoms in total. The Morgan fingerprint density at radius 3 is 2.83 bits per heavy atom. The van der Waals surface area contributed by atoms with Crippen molar-refractivity contribution >= 4 is 21.7 Å². The first-order valence-corrected chi connectivity index (χ1v) is 8.10. The molecule has 3 aromatic rings. The van der Waals surface area contributed by atoms with Gasteiger partial charge in [-0.2, -0.15) is 0 Å². The van der Waals surface area contributed by atoms with E-state index in [1.54, 1.807) is 6.20 Å². The van der Waals surface area contributed by atoms with Crippen LogP contribution in [0.4, 0.5) is 0 Å². The normalized spacial score (nSPS) is 11.5. The lowest BCUT2D eigenvalue weighted by Crippen LogP contribution is -2.09. The molecule has 0 saturated heterocycles. The number of aromatic amines is 1. The highest BCUT2D eigenvalue weighted by Crippen LogP contribution is 2.25. The van der Waals surface area contributed by atoms with Gasteiger partial charge in [0.2, 0.25) is 0 Å². The smallest absolute Gasteiger partial charge is 0.258 e. The number of H-pyrrole nitrogens is 1. The average Bonchev–Trinajstić information content (AvgIpc) is 2.51. The topological polar surface area (TPSA) is 55.0 Å². The van der Waals surface area contributed by atoms with Crippen LogP contribution in [0.2, 0.25) is 0 Å². The number of nitrogens with one attached hydrogen (secondary N) is 1. The van der Waals surface area contributed by atoms with Gasteiger partial charge in [-0.25, -0.2) is 0 Å². The molecule has 120 valence electrons. The van der Waals surface area contributed by atoms with E-state index < -0.39 is 0 Å². The Morgan fingerprint density at radius 2 is 2.04 bits per heavy atom. The van der Waals surface area contributed by atoms with Gasteiger partial charge < -0.3 is 9.72 Å². The third-order valence-corrected chi connectivity index (χ3v) is 4.09. The fraction of sp³-hybridized carbons (Fsp3) is 0.368. The van der Waals surface area contributed by atoms with Gasteiger partial charge in [0, 0.05) is 17.6 Å². The maximum Gasteiger partial charge on any atom is 0.258 e. The van der Waals surface area contributed by atoms with E-state index in [-0.39, 0.29) is 5.56 Å². The Morgan fingerprint density at radius 1 is 1.22 bits per heavy atom.